The van der Waals surface area contributed by atoms with Gasteiger partial charge in [-0.3, -0.25) is 4.79 Å². The topological polar surface area (TPSA) is 69.5 Å². The average Bonchev–Trinajstić information content (AvgIpc) is 3.29. The Balaban J connectivity index is 1.72. The van der Waals surface area contributed by atoms with Crippen molar-refractivity contribution in [2.75, 3.05) is 0 Å². The first-order valence-corrected chi connectivity index (χ1v) is 11.7. The predicted octanol–water partition coefficient (Wildman–Crippen LogP) is 6.14. The van der Waals surface area contributed by atoms with Crippen LogP contribution >= 0.6 is 0 Å². The summed E-state index contributed by atoms with van der Waals surface area (Å²) < 4.78 is 0. The van der Waals surface area contributed by atoms with E-state index in [1.807, 2.05) is 0 Å². The SMILES string of the molecule is C#Cc1c[nH]c(C(=O)Cc2ccc(C3(C#N)CCCCC3)cc2C2=CCC(C)(C)CC2)n1. The Bertz CT molecular complexity index is 1130. The van der Waals surface area contributed by atoms with Crippen LogP contribution in [0.4, 0.5) is 0 Å². The Kier molecular flexibility index (Phi) is 6.07. The van der Waals surface area contributed by atoms with E-state index in [2.05, 4.69) is 60.1 Å². The van der Waals surface area contributed by atoms with Crippen LogP contribution in [0.25, 0.3) is 5.57 Å². The summed E-state index contributed by atoms with van der Waals surface area (Å²) in [6, 6.07) is 8.99. The lowest BCUT2D eigenvalue weighted by Crippen LogP contribution is -2.27. The molecule has 1 aromatic heterocycles. The maximum Gasteiger partial charge on any atom is 0.202 e. The van der Waals surface area contributed by atoms with Crippen LogP contribution in [0.3, 0.4) is 0 Å². The van der Waals surface area contributed by atoms with Gasteiger partial charge in [0.15, 0.2) is 5.82 Å². The van der Waals surface area contributed by atoms with Crippen LogP contribution in [0.5, 0.6) is 0 Å². The summed E-state index contributed by atoms with van der Waals surface area (Å²) in [4.78, 5) is 20.1. The first-order valence-electron chi connectivity index (χ1n) is 11.7. The van der Waals surface area contributed by atoms with Gasteiger partial charge in [0.25, 0.3) is 0 Å². The van der Waals surface area contributed by atoms with Crippen molar-refractivity contribution in [2.45, 2.75) is 77.0 Å². The molecular formula is C28H31N3O. The first-order chi connectivity index (χ1) is 15.4. The molecule has 0 unspecified atom stereocenters. The molecule has 1 aromatic carbocycles. The van der Waals surface area contributed by atoms with E-state index in [9.17, 15) is 10.1 Å². The third-order valence-corrected chi connectivity index (χ3v) is 7.24. The smallest absolute Gasteiger partial charge is 0.202 e. The van der Waals surface area contributed by atoms with Crippen LogP contribution in [0.1, 0.15) is 98.2 Å². The number of terminal acetylenes is 1. The Morgan fingerprint density at radius 3 is 2.62 bits per heavy atom. The number of H-pyrrole nitrogens is 1. The molecule has 32 heavy (non-hydrogen) atoms. The molecule has 0 aliphatic heterocycles. The predicted molar refractivity (Wildman–Crippen MR) is 127 cm³/mol. The summed E-state index contributed by atoms with van der Waals surface area (Å²) in [7, 11) is 0. The average molecular weight is 426 g/mol. The molecule has 1 saturated carbocycles. The van der Waals surface area contributed by atoms with E-state index in [-0.39, 0.29) is 12.2 Å². The zero-order valence-electron chi connectivity index (χ0n) is 19.1. The van der Waals surface area contributed by atoms with Gasteiger partial charge in [-0.1, -0.05) is 51.3 Å². The number of hydrogen-bond donors (Lipinski definition) is 1. The Morgan fingerprint density at radius 2 is 2.00 bits per heavy atom. The Morgan fingerprint density at radius 1 is 1.22 bits per heavy atom. The summed E-state index contributed by atoms with van der Waals surface area (Å²) in [6.07, 6.45) is 17.9. The Hall–Kier alpha value is -3.11. The summed E-state index contributed by atoms with van der Waals surface area (Å²) >= 11 is 0. The fraction of sp³-hybridized carbons (Fsp3) is 0.464. The standard InChI is InChI=1S/C28H31N3O/c1-4-23-18-30-26(31-23)25(32)16-21-8-9-22(28(19-29)12-6-5-7-13-28)17-24(21)20-10-14-27(2,3)15-11-20/h1,8-10,17-18H,5-7,11-16H2,2-3H3,(H,30,31). The number of ketones is 1. The van der Waals surface area contributed by atoms with Crippen molar-refractivity contribution in [2.24, 2.45) is 5.41 Å². The minimum absolute atomic E-state index is 0.0788. The molecule has 0 atom stereocenters. The minimum atomic E-state index is -0.410. The first kappa shape index (κ1) is 22.1. The number of carbonyl (C=O) groups excluding carboxylic acids is 1. The number of carbonyl (C=O) groups is 1. The molecule has 4 heteroatoms. The molecule has 0 saturated heterocycles. The number of hydrogen-bond acceptors (Lipinski definition) is 3. The van der Waals surface area contributed by atoms with Crippen LogP contribution in [-0.2, 0) is 11.8 Å². The molecular weight excluding hydrogens is 394 g/mol. The number of Topliss-reactive ketones (excluding diaryl/α,β-unsaturated/α-hetero) is 1. The third kappa shape index (κ3) is 4.42. The molecule has 4 rings (SSSR count). The summed E-state index contributed by atoms with van der Waals surface area (Å²) in [6.45, 7) is 4.60. The number of allylic oxidation sites excluding steroid dienone is 2. The minimum Gasteiger partial charge on any atom is -0.341 e. The van der Waals surface area contributed by atoms with Crippen molar-refractivity contribution in [3.63, 3.8) is 0 Å². The van der Waals surface area contributed by atoms with Crippen LogP contribution < -0.4 is 0 Å². The highest BCUT2D eigenvalue weighted by atomic mass is 16.1. The van der Waals surface area contributed by atoms with Crippen molar-refractivity contribution in [1.29, 1.82) is 5.26 Å². The van der Waals surface area contributed by atoms with Crippen molar-refractivity contribution in [3.8, 4) is 18.4 Å². The second-order valence-corrected chi connectivity index (χ2v) is 10.1. The zero-order valence-corrected chi connectivity index (χ0v) is 19.1. The molecule has 2 aliphatic rings. The molecule has 4 nitrogen and oxygen atoms in total. The maximum atomic E-state index is 13.0. The molecule has 2 aromatic rings. The lowest BCUT2D eigenvalue weighted by Gasteiger charge is -2.33. The fourth-order valence-corrected chi connectivity index (χ4v) is 5.06. The monoisotopic (exact) mass is 425 g/mol. The van der Waals surface area contributed by atoms with Crippen molar-refractivity contribution >= 4 is 11.4 Å². The molecule has 0 radical (unpaired) electrons. The van der Waals surface area contributed by atoms with Crippen LogP contribution in [-0.4, -0.2) is 15.8 Å². The lowest BCUT2D eigenvalue weighted by molar-refractivity contribution is 0.0984. The van der Waals surface area contributed by atoms with E-state index in [0.717, 1.165) is 61.6 Å². The van der Waals surface area contributed by atoms with Crippen LogP contribution in [0.15, 0.2) is 30.5 Å². The van der Waals surface area contributed by atoms with E-state index in [1.54, 1.807) is 6.20 Å². The fourth-order valence-electron chi connectivity index (χ4n) is 5.06. The largest absolute Gasteiger partial charge is 0.341 e. The highest BCUT2D eigenvalue weighted by Crippen LogP contribution is 2.43. The van der Waals surface area contributed by atoms with Gasteiger partial charge >= 0.3 is 0 Å². The van der Waals surface area contributed by atoms with Gasteiger partial charge < -0.3 is 4.98 Å². The van der Waals surface area contributed by atoms with Gasteiger partial charge in [0.2, 0.25) is 5.78 Å². The number of rotatable bonds is 5. The van der Waals surface area contributed by atoms with Crippen LogP contribution in [0, 0.1) is 29.1 Å². The highest BCUT2D eigenvalue weighted by Gasteiger charge is 2.35. The van der Waals surface area contributed by atoms with Gasteiger partial charge in [0.1, 0.15) is 5.69 Å². The van der Waals surface area contributed by atoms with Gasteiger partial charge in [0, 0.05) is 12.6 Å². The van der Waals surface area contributed by atoms with E-state index < -0.39 is 5.41 Å². The molecule has 2 aliphatic carbocycles. The summed E-state index contributed by atoms with van der Waals surface area (Å²) in [5.41, 5.74) is 4.84. The highest BCUT2D eigenvalue weighted by molar-refractivity contribution is 5.95. The number of nitriles is 1. The van der Waals surface area contributed by atoms with E-state index >= 15 is 0 Å². The van der Waals surface area contributed by atoms with Crippen molar-refractivity contribution < 1.29 is 4.79 Å². The second kappa shape index (κ2) is 8.79. The number of nitrogens with one attached hydrogen (secondary N) is 1. The maximum absolute atomic E-state index is 13.0. The normalized spacial score (nSPS) is 19.4. The number of aromatic nitrogens is 2. The van der Waals surface area contributed by atoms with Gasteiger partial charge in [0.05, 0.1) is 11.5 Å². The quantitative estimate of drug-likeness (QED) is 0.462. The zero-order chi connectivity index (χ0) is 22.8. The third-order valence-electron chi connectivity index (χ3n) is 7.24. The van der Waals surface area contributed by atoms with E-state index in [0.29, 0.717) is 16.9 Å². The number of aromatic amines is 1. The van der Waals surface area contributed by atoms with Crippen molar-refractivity contribution in [1.82, 2.24) is 9.97 Å². The summed E-state index contributed by atoms with van der Waals surface area (Å²) in [5, 5.41) is 10.1. The number of imidazole rings is 1. The molecule has 0 spiro atoms. The summed E-state index contributed by atoms with van der Waals surface area (Å²) in [5.74, 6) is 2.68. The lowest BCUT2D eigenvalue weighted by atomic mass is 9.69. The molecule has 0 amide bonds. The number of nitrogens with zero attached hydrogens (tertiary/aromatic N) is 2. The van der Waals surface area contributed by atoms with Gasteiger partial charge in [-0.15, -0.1) is 6.42 Å². The van der Waals surface area contributed by atoms with Gasteiger partial charge in [-0.2, -0.15) is 5.26 Å². The van der Waals surface area contributed by atoms with E-state index in [4.69, 9.17) is 6.42 Å². The second-order valence-electron chi connectivity index (χ2n) is 10.1. The molecule has 1 fully saturated rings. The van der Waals surface area contributed by atoms with Crippen molar-refractivity contribution in [3.05, 3.63) is 58.7 Å². The Labute approximate surface area is 191 Å². The number of benzene rings is 1. The molecule has 164 valence electrons. The van der Waals surface area contributed by atoms with E-state index in [1.165, 1.54) is 12.0 Å². The van der Waals surface area contributed by atoms with Gasteiger partial charge in [-0.25, -0.2) is 4.98 Å². The molecule has 1 N–H and O–H groups in total. The molecule has 1 heterocycles. The molecule has 0 bridgehead atoms. The van der Waals surface area contributed by atoms with Gasteiger partial charge in [-0.05, 0) is 71.8 Å². The van der Waals surface area contributed by atoms with Crippen LogP contribution in [0.2, 0.25) is 0 Å².